The summed E-state index contributed by atoms with van der Waals surface area (Å²) in [7, 11) is 0. The molecule has 0 heterocycles. The molecule has 0 unspecified atom stereocenters. The second-order valence-electron chi connectivity index (χ2n) is 2.89. The van der Waals surface area contributed by atoms with Gasteiger partial charge in [-0.1, -0.05) is 60.8 Å². The van der Waals surface area contributed by atoms with E-state index in [1.807, 2.05) is 0 Å². The summed E-state index contributed by atoms with van der Waals surface area (Å²) >= 11 is 0. The quantitative estimate of drug-likeness (QED) is 0.485. The van der Waals surface area contributed by atoms with Crippen LogP contribution in [0.15, 0.2) is 60.8 Å². The van der Waals surface area contributed by atoms with Gasteiger partial charge in [0.25, 0.3) is 0 Å². The van der Waals surface area contributed by atoms with Crippen molar-refractivity contribution in [3.63, 3.8) is 0 Å². The van der Waals surface area contributed by atoms with Crippen LogP contribution in [0.3, 0.4) is 0 Å². The first-order valence-electron chi connectivity index (χ1n) is 4.78. The first kappa shape index (κ1) is 9.79. The summed E-state index contributed by atoms with van der Waals surface area (Å²) in [4.78, 5) is 0. The lowest BCUT2D eigenvalue weighted by molar-refractivity contribution is 1.31. The van der Waals surface area contributed by atoms with E-state index in [4.69, 9.17) is 0 Å². The van der Waals surface area contributed by atoms with Gasteiger partial charge in [0, 0.05) is 0 Å². The van der Waals surface area contributed by atoms with Crippen LogP contribution in [-0.2, 0) is 0 Å². The molecule has 1 rings (SSSR count). The van der Waals surface area contributed by atoms with Gasteiger partial charge in [-0.15, -0.1) is 0 Å². The molecule has 1 aliphatic rings. The molecule has 0 atom stereocenters. The highest BCUT2D eigenvalue weighted by Crippen LogP contribution is 1.95. The molecule has 0 aromatic heterocycles. The maximum absolute atomic E-state index is 2.19. The van der Waals surface area contributed by atoms with Crippen molar-refractivity contribution in [2.45, 2.75) is 19.3 Å². The standard InChI is InChI=1S/C13H16/c1-2-4-6-8-10-12-13-11-9-7-5-3-1/h1-4,7-11,13H,5-6,12H2/b3-1+,4-2-,9-7?,10-8-,13-11-. The van der Waals surface area contributed by atoms with Crippen LogP contribution in [0.5, 0.6) is 0 Å². The average Bonchev–Trinajstić information content (AvgIpc) is 2.18. The first-order chi connectivity index (χ1) is 6.50. The largest absolute Gasteiger partial charge is 0.0844 e. The molecule has 0 nitrogen and oxygen atoms in total. The number of allylic oxidation sites excluding steroid dienone is 10. The lowest BCUT2D eigenvalue weighted by atomic mass is 10.3. The summed E-state index contributed by atoms with van der Waals surface area (Å²) in [6.45, 7) is 0. The molecule has 0 N–H and O–H groups in total. The Morgan fingerprint density at radius 3 is 1.08 bits per heavy atom. The highest BCUT2D eigenvalue weighted by molar-refractivity contribution is 5.11. The van der Waals surface area contributed by atoms with Crippen LogP contribution < -0.4 is 0 Å². The normalized spacial score (nSPS) is 27.7. The molecule has 0 aromatic rings. The van der Waals surface area contributed by atoms with Gasteiger partial charge in [0.05, 0.1) is 0 Å². The Hall–Kier alpha value is -1.30. The summed E-state index contributed by atoms with van der Waals surface area (Å²) < 4.78 is 0. The molecule has 0 saturated carbocycles. The predicted octanol–water partition coefficient (Wildman–Crippen LogP) is 3.95. The topological polar surface area (TPSA) is 0 Å². The monoisotopic (exact) mass is 172 g/mol. The lowest BCUT2D eigenvalue weighted by Crippen LogP contribution is -1.59. The number of hydrogen-bond acceptors (Lipinski definition) is 0. The van der Waals surface area contributed by atoms with Gasteiger partial charge >= 0.3 is 0 Å². The molecule has 0 aliphatic heterocycles. The maximum atomic E-state index is 2.19. The van der Waals surface area contributed by atoms with Crippen LogP contribution in [0, 0.1) is 0 Å². The summed E-state index contributed by atoms with van der Waals surface area (Å²) in [6.07, 6.45) is 24.5. The van der Waals surface area contributed by atoms with Crippen molar-refractivity contribution in [3.8, 4) is 0 Å². The molecule has 0 amide bonds. The summed E-state index contributed by atoms with van der Waals surface area (Å²) in [5.41, 5.74) is 0. The third-order valence-electron chi connectivity index (χ3n) is 1.75. The van der Waals surface area contributed by atoms with Crippen molar-refractivity contribution in [1.82, 2.24) is 0 Å². The molecule has 0 fully saturated rings. The second-order valence-corrected chi connectivity index (χ2v) is 2.89. The lowest BCUT2D eigenvalue weighted by Gasteiger charge is -1.80. The number of rotatable bonds is 0. The van der Waals surface area contributed by atoms with Gasteiger partial charge in [-0.2, -0.15) is 0 Å². The first-order valence-corrected chi connectivity index (χ1v) is 4.78. The van der Waals surface area contributed by atoms with E-state index in [1.165, 1.54) is 0 Å². The molecule has 0 bridgehead atoms. The minimum Gasteiger partial charge on any atom is -0.0844 e. The van der Waals surface area contributed by atoms with Gasteiger partial charge in [-0.25, -0.2) is 0 Å². The Morgan fingerprint density at radius 1 is 0.385 bits per heavy atom. The molecule has 0 heteroatoms. The van der Waals surface area contributed by atoms with E-state index in [1.54, 1.807) is 0 Å². The zero-order valence-electron chi connectivity index (χ0n) is 7.89. The van der Waals surface area contributed by atoms with E-state index in [0.717, 1.165) is 19.3 Å². The Bertz CT molecular complexity index is 223. The summed E-state index contributed by atoms with van der Waals surface area (Å²) in [5.74, 6) is 0. The highest BCUT2D eigenvalue weighted by Gasteiger charge is 1.74. The third kappa shape index (κ3) is 5.92. The van der Waals surface area contributed by atoms with E-state index in [0.29, 0.717) is 0 Å². The molecule has 1 aliphatic carbocycles. The van der Waals surface area contributed by atoms with Crippen molar-refractivity contribution < 1.29 is 0 Å². The molecular weight excluding hydrogens is 156 g/mol. The van der Waals surface area contributed by atoms with Crippen molar-refractivity contribution >= 4 is 0 Å². The van der Waals surface area contributed by atoms with Gasteiger partial charge in [-0.3, -0.25) is 0 Å². The fourth-order valence-corrected chi connectivity index (χ4v) is 1.06. The molecule has 0 spiro atoms. The minimum atomic E-state index is 1.02. The Labute approximate surface area is 80.7 Å². The Morgan fingerprint density at radius 2 is 0.692 bits per heavy atom. The summed E-state index contributed by atoms with van der Waals surface area (Å²) in [5, 5.41) is 0. The van der Waals surface area contributed by atoms with Gasteiger partial charge in [0.1, 0.15) is 0 Å². The van der Waals surface area contributed by atoms with Crippen molar-refractivity contribution in [2.75, 3.05) is 0 Å². The number of hydrogen-bond donors (Lipinski definition) is 0. The van der Waals surface area contributed by atoms with Crippen LogP contribution in [0.2, 0.25) is 0 Å². The molecular formula is C13H16. The van der Waals surface area contributed by atoms with Crippen molar-refractivity contribution in [2.24, 2.45) is 0 Å². The zero-order chi connectivity index (χ0) is 9.19. The zero-order valence-corrected chi connectivity index (χ0v) is 7.89. The van der Waals surface area contributed by atoms with E-state index in [2.05, 4.69) is 60.8 Å². The van der Waals surface area contributed by atoms with Crippen LogP contribution in [0.4, 0.5) is 0 Å². The molecule has 13 heavy (non-hydrogen) atoms. The maximum Gasteiger partial charge on any atom is -0.0163 e. The van der Waals surface area contributed by atoms with Crippen molar-refractivity contribution in [3.05, 3.63) is 60.8 Å². The minimum absolute atomic E-state index is 1.02. The molecule has 68 valence electrons. The molecule has 0 radical (unpaired) electrons. The van der Waals surface area contributed by atoms with Crippen molar-refractivity contribution in [1.29, 1.82) is 0 Å². The summed E-state index contributed by atoms with van der Waals surface area (Å²) in [6, 6.07) is 0. The van der Waals surface area contributed by atoms with E-state index in [9.17, 15) is 0 Å². The molecule has 0 aromatic carbocycles. The Balaban J connectivity index is 2.49. The van der Waals surface area contributed by atoms with Crippen LogP contribution in [0.25, 0.3) is 0 Å². The van der Waals surface area contributed by atoms with Crippen LogP contribution in [-0.4, -0.2) is 0 Å². The predicted molar refractivity (Wildman–Crippen MR) is 59.6 cm³/mol. The van der Waals surface area contributed by atoms with E-state index < -0.39 is 0 Å². The van der Waals surface area contributed by atoms with Gasteiger partial charge < -0.3 is 0 Å². The Kier molecular flexibility index (Phi) is 5.54. The van der Waals surface area contributed by atoms with Gasteiger partial charge in [-0.05, 0) is 19.3 Å². The average molecular weight is 172 g/mol. The highest BCUT2D eigenvalue weighted by atomic mass is 13.8. The van der Waals surface area contributed by atoms with Crippen LogP contribution >= 0.6 is 0 Å². The van der Waals surface area contributed by atoms with Crippen LogP contribution in [0.1, 0.15) is 19.3 Å². The SMILES string of the molecule is C1=CC/C=C/C=C\C/C=C\C/C=C\1. The smallest absolute Gasteiger partial charge is 0.0163 e. The fourth-order valence-electron chi connectivity index (χ4n) is 1.06. The third-order valence-corrected chi connectivity index (χ3v) is 1.75. The molecule has 0 saturated heterocycles. The van der Waals surface area contributed by atoms with Gasteiger partial charge in [0.2, 0.25) is 0 Å². The van der Waals surface area contributed by atoms with E-state index in [-0.39, 0.29) is 0 Å². The second kappa shape index (κ2) is 7.35. The van der Waals surface area contributed by atoms with Gasteiger partial charge in [0.15, 0.2) is 0 Å². The van der Waals surface area contributed by atoms with E-state index >= 15 is 0 Å². The fraction of sp³-hybridized carbons (Fsp3) is 0.231.